The molecule has 0 saturated heterocycles. The van der Waals surface area contributed by atoms with Gasteiger partial charge in [0.05, 0.1) is 5.56 Å². The number of carbonyl (C=O) groups excluding carboxylic acids is 1. The molecule has 2 heterocycles. The van der Waals surface area contributed by atoms with Gasteiger partial charge < -0.3 is 10.4 Å². The van der Waals surface area contributed by atoms with Crippen LogP contribution in [0.3, 0.4) is 0 Å². The predicted molar refractivity (Wildman–Crippen MR) is 83.8 cm³/mol. The first-order valence-corrected chi connectivity index (χ1v) is 7.07. The Morgan fingerprint density at radius 2 is 2.14 bits per heavy atom. The van der Waals surface area contributed by atoms with Gasteiger partial charge in [-0.25, -0.2) is 9.79 Å². The van der Waals surface area contributed by atoms with Gasteiger partial charge in [0.2, 0.25) is 0 Å². The van der Waals surface area contributed by atoms with Crippen LogP contribution in [0.4, 0.5) is 0 Å². The largest absolute Gasteiger partial charge is 0.478 e. The third-order valence-electron chi connectivity index (χ3n) is 3.88. The van der Waals surface area contributed by atoms with Gasteiger partial charge in [-0.3, -0.25) is 9.78 Å². The number of carboxylic acid groups (broad SMARTS) is 1. The van der Waals surface area contributed by atoms with E-state index in [1.165, 1.54) is 6.07 Å². The summed E-state index contributed by atoms with van der Waals surface area (Å²) in [4.78, 5) is 32.2. The Kier molecular flexibility index (Phi) is 4.12. The number of nitrogens with one attached hydrogen (secondary N) is 1. The number of allylic oxidation sites excluding steroid dienone is 1. The van der Waals surface area contributed by atoms with Crippen molar-refractivity contribution in [2.75, 3.05) is 0 Å². The SMILES string of the molecule is C/C=C\c1cnc(C2=NC(C)(C(C)C)C(=O)N2)c(C(=O)O)c1. The minimum atomic E-state index is -1.11. The number of aromatic carboxylic acids is 1. The van der Waals surface area contributed by atoms with Gasteiger partial charge in [-0.05, 0) is 31.4 Å². The van der Waals surface area contributed by atoms with E-state index in [1.807, 2.05) is 20.8 Å². The Morgan fingerprint density at radius 1 is 1.45 bits per heavy atom. The number of hydrogen-bond acceptors (Lipinski definition) is 4. The molecule has 2 N–H and O–H groups in total. The molecule has 22 heavy (non-hydrogen) atoms. The van der Waals surface area contributed by atoms with E-state index in [2.05, 4.69) is 15.3 Å². The van der Waals surface area contributed by atoms with Crippen LogP contribution in [-0.4, -0.2) is 33.3 Å². The van der Waals surface area contributed by atoms with Crippen molar-refractivity contribution in [2.45, 2.75) is 33.2 Å². The van der Waals surface area contributed by atoms with E-state index in [-0.39, 0.29) is 28.9 Å². The second kappa shape index (κ2) is 5.71. The van der Waals surface area contributed by atoms with Gasteiger partial charge in [0, 0.05) is 6.20 Å². The molecule has 1 aliphatic rings. The first kappa shape index (κ1) is 15.9. The van der Waals surface area contributed by atoms with Crippen LogP contribution in [0.15, 0.2) is 23.3 Å². The summed E-state index contributed by atoms with van der Waals surface area (Å²) in [6.07, 6.45) is 5.12. The number of carboxylic acids is 1. The van der Waals surface area contributed by atoms with Crippen LogP contribution in [0.1, 0.15) is 49.3 Å². The summed E-state index contributed by atoms with van der Waals surface area (Å²) < 4.78 is 0. The fourth-order valence-corrected chi connectivity index (χ4v) is 2.16. The first-order valence-electron chi connectivity index (χ1n) is 7.07. The quantitative estimate of drug-likeness (QED) is 0.891. The molecule has 1 unspecified atom stereocenters. The lowest BCUT2D eigenvalue weighted by molar-refractivity contribution is -0.124. The van der Waals surface area contributed by atoms with E-state index in [0.29, 0.717) is 5.56 Å². The Hall–Kier alpha value is -2.50. The fourth-order valence-electron chi connectivity index (χ4n) is 2.16. The summed E-state index contributed by atoms with van der Waals surface area (Å²) in [6.45, 7) is 7.36. The molecule has 0 fully saturated rings. The Bertz CT molecular complexity index is 692. The molecule has 116 valence electrons. The maximum atomic E-state index is 12.2. The normalized spacial score (nSPS) is 21.3. The number of hydrogen-bond donors (Lipinski definition) is 2. The number of aliphatic imine (C=N–C) groups is 1. The molecule has 0 aliphatic carbocycles. The predicted octanol–water partition coefficient (Wildman–Crippen LogP) is 2.10. The van der Waals surface area contributed by atoms with Crippen molar-refractivity contribution in [3.05, 3.63) is 35.2 Å². The summed E-state index contributed by atoms with van der Waals surface area (Å²) in [5.74, 6) is -1.15. The minimum absolute atomic E-state index is 0.0134. The lowest BCUT2D eigenvalue weighted by Crippen LogP contribution is -2.41. The van der Waals surface area contributed by atoms with Crippen molar-refractivity contribution in [1.29, 1.82) is 0 Å². The van der Waals surface area contributed by atoms with Crippen LogP contribution in [0.2, 0.25) is 0 Å². The van der Waals surface area contributed by atoms with Gasteiger partial charge in [0.25, 0.3) is 5.91 Å². The minimum Gasteiger partial charge on any atom is -0.478 e. The molecule has 0 bridgehead atoms. The van der Waals surface area contributed by atoms with Gasteiger partial charge in [0.15, 0.2) is 5.84 Å². The molecule has 0 spiro atoms. The summed E-state index contributed by atoms with van der Waals surface area (Å²) >= 11 is 0. The molecule has 0 aromatic carbocycles. The number of nitrogens with zero attached hydrogens (tertiary/aromatic N) is 2. The molecule has 1 atom stereocenters. The van der Waals surface area contributed by atoms with Gasteiger partial charge in [-0.15, -0.1) is 0 Å². The topological polar surface area (TPSA) is 91.7 Å². The average Bonchev–Trinajstić information content (AvgIpc) is 2.76. The maximum absolute atomic E-state index is 12.2. The molecule has 6 heteroatoms. The van der Waals surface area contributed by atoms with Crippen molar-refractivity contribution < 1.29 is 14.7 Å². The summed E-state index contributed by atoms with van der Waals surface area (Å²) in [5, 5.41) is 12.0. The highest BCUT2D eigenvalue weighted by atomic mass is 16.4. The maximum Gasteiger partial charge on any atom is 0.338 e. The first-order chi connectivity index (χ1) is 10.3. The number of carbonyl (C=O) groups is 2. The van der Waals surface area contributed by atoms with Gasteiger partial charge in [0.1, 0.15) is 11.2 Å². The molecular formula is C16H19N3O3. The highest BCUT2D eigenvalue weighted by Gasteiger charge is 2.43. The third kappa shape index (κ3) is 2.64. The van der Waals surface area contributed by atoms with Crippen LogP contribution in [-0.2, 0) is 4.79 Å². The summed E-state index contributed by atoms with van der Waals surface area (Å²) in [7, 11) is 0. The van der Waals surface area contributed by atoms with Crippen LogP contribution in [0.25, 0.3) is 6.08 Å². The van der Waals surface area contributed by atoms with Crippen LogP contribution < -0.4 is 5.32 Å². The van der Waals surface area contributed by atoms with Crippen molar-refractivity contribution in [2.24, 2.45) is 10.9 Å². The zero-order chi connectivity index (χ0) is 16.5. The van der Waals surface area contributed by atoms with Gasteiger partial charge in [-0.2, -0.15) is 0 Å². The number of amides is 1. The molecule has 1 aliphatic heterocycles. The molecule has 0 radical (unpaired) electrons. The van der Waals surface area contributed by atoms with E-state index in [9.17, 15) is 14.7 Å². The number of pyridine rings is 1. The van der Waals surface area contributed by atoms with E-state index >= 15 is 0 Å². The van der Waals surface area contributed by atoms with E-state index in [0.717, 1.165) is 0 Å². The number of rotatable bonds is 4. The molecule has 0 saturated carbocycles. The zero-order valence-corrected chi connectivity index (χ0v) is 13.0. The van der Waals surface area contributed by atoms with Crippen LogP contribution in [0.5, 0.6) is 0 Å². The highest BCUT2D eigenvalue weighted by molar-refractivity contribution is 6.17. The Balaban J connectivity index is 2.54. The number of aromatic nitrogens is 1. The second-order valence-electron chi connectivity index (χ2n) is 5.69. The molecule has 1 aromatic heterocycles. The monoisotopic (exact) mass is 301 g/mol. The number of amidine groups is 1. The van der Waals surface area contributed by atoms with Gasteiger partial charge >= 0.3 is 5.97 Å². The van der Waals surface area contributed by atoms with Crippen molar-refractivity contribution in [3.8, 4) is 0 Å². The van der Waals surface area contributed by atoms with Crippen molar-refractivity contribution >= 4 is 23.8 Å². The molecular weight excluding hydrogens is 282 g/mol. The second-order valence-corrected chi connectivity index (χ2v) is 5.69. The zero-order valence-electron chi connectivity index (χ0n) is 13.0. The van der Waals surface area contributed by atoms with E-state index in [1.54, 1.807) is 25.3 Å². The highest BCUT2D eigenvalue weighted by Crippen LogP contribution is 2.27. The standard InChI is InChI=1S/C16H19N3O3/c1-5-6-10-7-11(14(20)21)12(17-8-10)13-18-15(22)16(4,19-13)9(2)3/h5-9H,1-4H3,(H,20,21)(H,18,19,22)/b6-5-. The Morgan fingerprint density at radius 3 is 2.64 bits per heavy atom. The third-order valence-corrected chi connectivity index (χ3v) is 3.88. The molecule has 6 nitrogen and oxygen atoms in total. The molecule has 1 amide bonds. The Labute approximate surface area is 129 Å². The lowest BCUT2D eigenvalue weighted by Gasteiger charge is -2.21. The summed E-state index contributed by atoms with van der Waals surface area (Å²) in [6, 6.07) is 1.52. The summed E-state index contributed by atoms with van der Waals surface area (Å²) in [5.41, 5.74) is -0.0317. The molecule has 1 aromatic rings. The van der Waals surface area contributed by atoms with Crippen LogP contribution >= 0.6 is 0 Å². The van der Waals surface area contributed by atoms with E-state index in [4.69, 9.17) is 0 Å². The van der Waals surface area contributed by atoms with Gasteiger partial charge in [-0.1, -0.05) is 26.0 Å². The average molecular weight is 301 g/mol. The lowest BCUT2D eigenvalue weighted by atomic mass is 9.89. The fraction of sp³-hybridized carbons (Fsp3) is 0.375. The van der Waals surface area contributed by atoms with Crippen LogP contribution in [0, 0.1) is 5.92 Å². The molecule has 2 rings (SSSR count). The van der Waals surface area contributed by atoms with Crippen molar-refractivity contribution in [1.82, 2.24) is 10.3 Å². The van der Waals surface area contributed by atoms with Crippen molar-refractivity contribution in [3.63, 3.8) is 0 Å². The smallest absolute Gasteiger partial charge is 0.338 e. The van der Waals surface area contributed by atoms with E-state index < -0.39 is 11.5 Å².